The van der Waals surface area contributed by atoms with E-state index in [1.807, 2.05) is 0 Å². The number of hydrogen-bond acceptors (Lipinski definition) is 3. The Hall–Kier alpha value is -0.570. The Kier molecular flexibility index (Phi) is 6.59. The van der Waals surface area contributed by atoms with Crippen molar-refractivity contribution in [3.05, 3.63) is 0 Å². The topological polar surface area (TPSA) is 46.5 Å². The largest absolute Gasteiger partial charge is 0.466 e. The van der Waals surface area contributed by atoms with Gasteiger partial charge in [0.25, 0.3) is 0 Å². The molecule has 1 N–H and O–H groups in total. The van der Waals surface area contributed by atoms with Gasteiger partial charge in [0.1, 0.15) is 0 Å². The summed E-state index contributed by atoms with van der Waals surface area (Å²) in [4.78, 5) is 11.1. The summed E-state index contributed by atoms with van der Waals surface area (Å²) in [6.07, 6.45) is 1.21. The number of rotatable bonds is 6. The lowest BCUT2D eigenvalue weighted by atomic mass is 9.95. The standard InChI is InChI=1S/C10H20O3/c1-4-13-10(12)6-9(7-11)5-8(2)3/h8-9,11H,4-7H2,1-3H3/t9-/m0/s1. The second kappa shape index (κ2) is 6.89. The van der Waals surface area contributed by atoms with Crippen LogP contribution >= 0.6 is 0 Å². The average molecular weight is 188 g/mol. The highest BCUT2D eigenvalue weighted by Crippen LogP contribution is 2.15. The number of esters is 1. The Bertz CT molecular complexity index is 143. The van der Waals surface area contributed by atoms with E-state index >= 15 is 0 Å². The zero-order valence-electron chi connectivity index (χ0n) is 8.75. The Labute approximate surface area is 80.1 Å². The van der Waals surface area contributed by atoms with E-state index in [0.717, 1.165) is 6.42 Å². The molecular formula is C10H20O3. The first-order valence-electron chi connectivity index (χ1n) is 4.86. The zero-order valence-corrected chi connectivity index (χ0v) is 8.75. The van der Waals surface area contributed by atoms with Crippen molar-refractivity contribution in [2.45, 2.75) is 33.6 Å². The van der Waals surface area contributed by atoms with Crippen molar-refractivity contribution in [2.75, 3.05) is 13.2 Å². The molecule has 1 atom stereocenters. The molecule has 13 heavy (non-hydrogen) atoms. The van der Waals surface area contributed by atoms with Gasteiger partial charge in [-0.1, -0.05) is 13.8 Å². The minimum atomic E-state index is -0.206. The molecule has 0 spiro atoms. The van der Waals surface area contributed by atoms with Crippen LogP contribution in [0.3, 0.4) is 0 Å². The second-order valence-corrected chi connectivity index (χ2v) is 3.69. The summed E-state index contributed by atoms with van der Waals surface area (Å²) < 4.78 is 4.81. The van der Waals surface area contributed by atoms with Crippen LogP contribution in [0.15, 0.2) is 0 Å². The van der Waals surface area contributed by atoms with E-state index in [4.69, 9.17) is 9.84 Å². The van der Waals surface area contributed by atoms with Crippen LogP contribution in [0.1, 0.15) is 33.6 Å². The lowest BCUT2D eigenvalue weighted by Crippen LogP contribution is -2.16. The van der Waals surface area contributed by atoms with Crippen molar-refractivity contribution in [1.82, 2.24) is 0 Å². The van der Waals surface area contributed by atoms with Gasteiger partial charge in [-0.2, -0.15) is 0 Å². The van der Waals surface area contributed by atoms with Crippen LogP contribution < -0.4 is 0 Å². The highest BCUT2D eigenvalue weighted by atomic mass is 16.5. The minimum Gasteiger partial charge on any atom is -0.466 e. The number of carbonyl (C=O) groups excluding carboxylic acids is 1. The average Bonchev–Trinajstić information content (AvgIpc) is 2.02. The molecule has 0 saturated heterocycles. The maximum Gasteiger partial charge on any atom is 0.306 e. The number of carbonyl (C=O) groups is 1. The Morgan fingerprint density at radius 1 is 1.46 bits per heavy atom. The summed E-state index contributed by atoms with van der Waals surface area (Å²) in [5.74, 6) is 0.354. The van der Waals surface area contributed by atoms with Crippen molar-refractivity contribution >= 4 is 5.97 Å². The van der Waals surface area contributed by atoms with Gasteiger partial charge in [-0.3, -0.25) is 4.79 Å². The fourth-order valence-electron chi connectivity index (χ4n) is 1.34. The smallest absolute Gasteiger partial charge is 0.306 e. The fourth-order valence-corrected chi connectivity index (χ4v) is 1.34. The number of hydrogen-bond donors (Lipinski definition) is 1. The van der Waals surface area contributed by atoms with Gasteiger partial charge in [0.15, 0.2) is 0 Å². The van der Waals surface area contributed by atoms with Gasteiger partial charge < -0.3 is 9.84 Å². The van der Waals surface area contributed by atoms with Gasteiger partial charge in [0.05, 0.1) is 13.0 Å². The van der Waals surface area contributed by atoms with Crippen molar-refractivity contribution in [3.63, 3.8) is 0 Å². The SMILES string of the molecule is CCOC(=O)C[C@@H](CO)CC(C)C. The maximum absolute atomic E-state index is 11.1. The molecule has 0 saturated carbocycles. The van der Waals surface area contributed by atoms with Crippen LogP contribution in [-0.2, 0) is 9.53 Å². The highest BCUT2D eigenvalue weighted by molar-refractivity contribution is 5.69. The fraction of sp³-hybridized carbons (Fsp3) is 0.900. The number of ether oxygens (including phenoxy) is 1. The third-order valence-corrected chi connectivity index (χ3v) is 1.82. The highest BCUT2D eigenvalue weighted by Gasteiger charge is 2.14. The second-order valence-electron chi connectivity index (χ2n) is 3.69. The molecule has 3 heteroatoms. The molecule has 0 aliphatic rings. The van der Waals surface area contributed by atoms with Crippen LogP contribution in [0.4, 0.5) is 0 Å². The lowest BCUT2D eigenvalue weighted by molar-refractivity contribution is -0.144. The van der Waals surface area contributed by atoms with E-state index in [1.165, 1.54) is 0 Å². The molecule has 0 aliphatic heterocycles. The van der Waals surface area contributed by atoms with Crippen molar-refractivity contribution < 1.29 is 14.6 Å². The van der Waals surface area contributed by atoms with Crippen molar-refractivity contribution in [1.29, 1.82) is 0 Å². The summed E-state index contributed by atoms with van der Waals surface area (Å²) in [7, 11) is 0. The predicted molar refractivity (Wildman–Crippen MR) is 51.3 cm³/mol. The molecule has 3 nitrogen and oxygen atoms in total. The van der Waals surface area contributed by atoms with E-state index in [1.54, 1.807) is 6.92 Å². The van der Waals surface area contributed by atoms with Crippen LogP contribution in [0.2, 0.25) is 0 Å². The molecule has 0 aromatic rings. The van der Waals surface area contributed by atoms with E-state index < -0.39 is 0 Å². The first-order valence-corrected chi connectivity index (χ1v) is 4.86. The lowest BCUT2D eigenvalue weighted by Gasteiger charge is -2.14. The van der Waals surface area contributed by atoms with E-state index in [9.17, 15) is 4.79 Å². The van der Waals surface area contributed by atoms with Gasteiger partial charge in [0, 0.05) is 6.61 Å². The summed E-state index contributed by atoms with van der Waals surface area (Å²) in [5.41, 5.74) is 0. The van der Waals surface area contributed by atoms with Crippen molar-refractivity contribution in [3.8, 4) is 0 Å². The maximum atomic E-state index is 11.1. The van der Waals surface area contributed by atoms with E-state index in [-0.39, 0.29) is 18.5 Å². The van der Waals surface area contributed by atoms with Gasteiger partial charge in [-0.15, -0.1) is 0 Å². The Morgan fingerprint density at radius 3 is 2.46 bits per heavy atom. The van der Waals surface area contributed by atoms with E-state index in [0.29, 0.717) is 18.9 Å². The third-order valence-electron chi connectivity index (χ3n) is 1.82. The van der Waals surface area contributed by atoms with Gasteiger partial charge in [0.2, 0.25) is 0 Å². The molecule has 0 radical (unpaired) electrons. The number of aliphatic hydroxyl groups is 1. The summed E-state index contributed by atoms with van der Waals surface area (Å²) >= 11 is 0. The Morgan fingerprint density at radius 2 is 2.08 bits per heavy atom. The third kappa shape index (κ3) is 6.58. The van der Waals surface area contributed by atoms with Crippen LogP contribution in [-0.4, -0.2) is 24.3 Å². The predicted octanol–water partition coefficient (Wildman–Crippen LogP) is 1.59. The zero-order chi connectivity index (χ0) is 10.3. The summed E-state index contributed by atoms with van der Waals surface area (Å²) in [6, 6.07) is 0. The summed E-state index contributed by atoms with van der Waals surface area (Å²) in [5, 5.41) is 8.98. The summed E-state index contributed by atoms with van der Waals surface area (Å²) in [6.45, 7) is 6.42. The van der Waals surface area contributed by atoms with Crippen LogP contribution in [0.5, 0.6) is 0 Å². The van der Waals surface area contributed by atoms with Crippen molar-refractivity contribution in [2.24, 2.45) is 11.8 Å². The molecule has 0 rings (SSSR count). The molecule has 78 valence electrons. The van der Waals surface area contributed by atoms with Crippen LogP contribution in [0, 0.1) is 11.8 Å². The first-order chi connectivity index (χ1) is 6.10. The molecule has 0 amide bonds. The van der Waals surface area contributed by atoms with Crippen LogP contribution in [0.25, 0.3) is 0 Å². The molecule has 0 fully saturated rings. The number of aliphatic hydroxyl groups excluding tert-OH is 1. The molecule has 0 aliphatic carbocycles. The van der Waals surface area contributed by atoms with Gasteiger partial charge in [-0.25, -0.2) is 0 Å². The molecule has 0 aromatic heterocycles. The molecular weight excluding hydrogens is 168 g/mol. The van der Waals surface area contributed by atoms with Gasteiger partial charge >= 0.3 is 5.97 Å². The quantitative estimate of drug-likeness (QED) is 0.644. The first kappa shape index (κ1) is 12.4. The molecule has 0 bridgehead atoms. The molecule has 0 unspecified atom stereocenters. The normalized spacial score (nSPS) is 13.0. The minimum absolute atomic E-state index is 0.0547. The Balaban J connectivity index is 3.76. The molecule has 0 aromatic carbocycles. The molecule has 0 heterocycles. The van der Waals surface area contributed by atoms with Gasteiger partial charge in [-0.05, 0) is 25.2 Å². The monoisotopic (exact) mass is 188 g/mol. The van der Waals surface area contributed by atoms with E-state index in [2.05, 4.69) is 13.8 Å².